The van der Waals surface area contributed by atoms with Crippen molar-refractivity contribution >= 4 is 0 Å². The van der Waals surface area contributed by atoms with Gasteiger partial charge in [0.25, 0.3) is 0 Å². The van der Waals surface area contributed by atoms with Crippen LogP contribution in [0.5, 0.6) is 5.75 Å². The van der Waals surface area contributed by atoms with E-state index in [2.05, 4.69) is 19.9 Å². The number of rotatable bonds is 14. The molecule has 0 bridgehead atoms. The van der Waals surface area contributed by atoms with Gasteiger partial charge in [-0.1, -0.05) is 110 Å². The van der Waals surface area contributed by atoms with Crippen LogP contribution in [0.1, 0.15) is 129 Å². The summed E-state index contributed by atoms with van der Waals surface area (Å²) < 4.78 is 20.6. The van der Waals surface area contributed by atoms with Crippen molar-refractivity contribution in [1.82, 2.24) is 0 Å². The van der Waals surface area contributed by atoms with Crippen molar-refractivity contribution in [2.45, 2.75) is 129 Å². The third kappa shape index (κ3) is 9.61. The molecule has 0 unspecified atom stereocenters. The lowest BCUT2D eigenvalue weighted by Gasteiger charge is -2.28. The van der Waals surface area contributed by atoms with Crippen LogP contribution in [-0.2, 0) is 6.42 Å². The van der Waals surface area contributed by atoms with Gasteiger partial charge in [-0.15, -0.1) is 0 Å². The molecular weight excluding hydrogens is 407 g/mol. The van der Waals surface area contributed by atoms with E-state index in [0.29, 0.717) is 18.3 Å². The van der Waals surface area contributed by atoms with Gasteiger partial charge in [-0.25, -0.2) is 4.39 Å². The van der Waals surface area contributed by atoms with E-state index in [1.807, 2.05) is 6.07 Å². The first kappa shape index (κ1) is 26.6. The second-order valence-electron chi connectivity index (χ2n) is 11.4. The molecule has 0 amide bonds. The Balaban J connectivity index is 1.30. The Labute approximate surface area is 204 Å². The summed E-state index contributed by atoms with van der Waals surface area (Å²) in [6, 6.07) is 5.71. The minimum atomic E-state index is -0.168. The van der Waals surface area contributed by atoms with Crippen molar-refractivity contribution < 1.29 is 9.13 Å². The monoisotopic (exact) mass is 458 g/mol. The van der Waals surface area contributed by atoms with Crippen molar-refractivity contribution in [2.75, 3.05) is 6.61 Å². The quantitative estimate of drug-likeness (QED) is 0.252. The fourth-order valence-corrected chi connectivity index (χ4v) is 6.34. The fraction of sp³-hybridized carbons (Fsp3) is 0.806. The zero-order chi connectivity index (χ0) is 23.3. The van der Waals surface area contributed by atoms with Crippen LogP contribution in [0.3, 0.4) is 0 Å². The Morgan fingerprint density at radius 2 is 1.30 bits per heavy atom. The largest absolute Gasteiger partial charge is 0.490 e. The number of halogens is 1. The number of hydrogen-bond acceptors (Lipinski definition) is 1. The van der Waals surface area contributed by atoms with Crippen LogP contribution in [0.2, 0.25) is 0 Å². The molecule has 2 heteroatoms. The minimum absolute atomic E-state index is 0.168. The molecule has 0 heterocycles. The highest BCUT2D eigenvalue weighted by Gasteiger charge is 2.22. The van der Waals surface area contributed by atoms with Crippen molar-refractivity contribution in [3.63, 3.8) is 0 Å². The average Bonchev–Trinajstić information content (AvgIpc) is 2.84. The van der Waals surface area contributed by atoms with Gasteiger partial charge in [-0.3, -0.25) is 0 Å². The Hall–Kier alpha value is -1.05. The molecule has 0 aliphatic heterocycles. The zero-order valence-corrected chi connectivity index (χ0v) is 21.8. The molecule has 33 heavy (non-hydrogen) atoms. The van der Waals surface area contributed by atoms with Crippen molar-refractivity contribution in [1.29, 1.82) is 0 Å². The lowest BCUT2D eigenvalue weighted by Crippen LogP contribution is -2.20. The van der Waals surface area contributed by atoms with Gasteiger partial charge in [-0.2, -0.15) is 0 Å². The standard InChI is InChI=1S/C31H51FO/c1-3-5-6-7-8-10-26-11-13-27(14-12-26)15-18-28-21-22-31(30(32)23-28)33-24-29-19-16-25(9-4-2)17-20-29/h21-23,25-27,29H,3-20,24H2,1-2H3. The summed E-state index contributed by atoms with van der Waals surface area (Å²) in [5.74, 6) is 3.60. The Kier molecular flexibility index (Phi) is 12.1. The molecule has 1 aromatic rings. The molecule has 0 radical (unpaired) electrons. The molecule has 1 aromatic carbocycles. The molecule has 2 aliphatic carbocycles. The van der Waals surface area contributed by atoms with Gasteiger partial charge in [0, 0.05) is 0 Å². The van der Waals surface area contributed by atoms with Crippen LogP contribution in [0.4, 0.5) is 4.39 Å². The van der Waals surface area contributed by atoms with Crippen molar-refractivity contribution in [2.24, 2.45) is 23.7 Å². The van der Waals surface area contributed by atoms with Crippen LogP contribution in [-0.4, -0.2) is 6.61 Å². The average molecular weight is 459 g/mol. The van der Waals surface area contributed by atoms with Gasteiger partial charge >= 0.3 is 0 Å². The van der Waals surface area contributed by atoms with Crippen molar-refractivity contribution in [3.05, 3.63) is 29.6 Å². The predicted molar refractivity (Wildman–Crippen MR) is 139 cm³/mol. The molecule has 188 valence electrons. The Bertz CT molecular complexity index is 640. The number of hydrogen-bond donors (Lipinski definition) is 0. The van der Waals surface area contributed by atoms with Gasteiger partial charge in [0.15, 0.2) is 11.6 Å². The summed E-state index contributed by atoms with van der Waals surface area (Å²) in [6.07, 6.45) is 24.1. The van der Waals surface area contributed by atoms with E-state index < -0.39 is 0 Å². The molecule has 2 aliphatic rings. The minimum Gasteiger partial charge on any atom is -0.490 e. The van der Waals surface area contributed by atoms with Gasteiger partial charge in [-0.05, 0) is 67.1 Å². The first-order valence-corrected chi connectivity index (χ1v) is 14.6. The first-order chi connectivity index (χ1) is 16.2. The first-order valence-electron chi connectivity index (χ1n) is 14.6. The second-order valence-corrected chi connectivity index (χ2v) is 11.4. The summed E-state index contributed by atoms with van der Waals surface area (Å²) in [5.41, 5.74) is 1.14. The highest BCUT2D eigenvalue weighted by atomic mass is 19.1. The molecule has 0 saturated heterocycles. The second kappa shape index (κ2) is 15.0. The van der Waals surface area contributed by atoms with E-state index in [1.54, 1.807) is 6.07 Å². The van der Waals surface area contributed by atoms with Gasteiger partial charge < -0.3 is 4.74 Å². The summed E-state index contributed by atoms with van der Waals surface area (Å²) >= 11 is 0. The maximum absolute atomic E-state index is 14.7. The maximum atomic E-state index is 14.7. The molecule has 2 saturated carbocycles. The maximum Gasteiger partial charge on any atom is 0.165 e. The van der Waals surface area contributed by atoms with Gasteiger partial charge in [0.2, 0.25) is 0 Å². The molecule has 3 rings (SSSR count). The van der Waals surface area contributed by atoms with Gasteiger partial charge in [0.05, 0.1) is 6.61 Å². The van der Waals surface area contributed by atoms with Crippen LogP contribution < -0.4 is 4.74 Å². The summed E-state index contributed by atoms with van der Waals surface area (Å²) in [6.45, 7) is 5.25. The summed E-state index contributed by atoms with van der Waals surface area (Å²) in [7, 11) is 0. The van der Waals surface area contributed by atoms with Crippen LogP contribution >= 0.6 is 0 Å². The van der Waals surface area contributed by atoms with E-state index in [4.69, 9.17) is 4.74 Å². The third-order valence-electron chi connectivity index (χ3n) is 8.66. The molecule has 0 aromatic heterocycles. The Morgan fingerprint density at radius 3 is 1.94 bits per heavy atom. The smallest absolute Gasteiger partial charge is 0.165 e. The zero-order valence-electron chi connectivity index (χ0n) is 21.8. The third-order valence-corrected chi connectivity index (χ3v) is 8.66. The number of unbranched alkanes of at least 4 members (excludes halogenated alkanes) is 4. The SMILES string of the molecule is CCCCCCCC1CCC(CCc2ccc(OCC3CCC(CCC)CC3)c(F)c2)CC1. The summed E-state index contributed by atoms with van der Waals surface area (Å²) in [4.78, 5) is 0. The van der Waals surface area contributed by atoms with E-state index in [0.717, 1.165) is 29.7 Å². The molecule has 2 fully saturated rings. The highest BCUT2D eigenvalue weighted by molar-refractivity contribution is 5.29. The van der Waals surface area contributed by atoms with E-state index >= 15 is 0 Å². The van der Waals surface area contributed by atoms with E-state index in [1.165, 1.54) is 109 Å². The fourth-order valence-electron chi connectivity index (χ4n) is 6.34. The topological polar surface area (TPSA) is 9.23 Å². The normalized spacial score (nSPS) is 25.8. The molecule has 0 spiro atoms. The predicted octanol–water partition coefficient (Wildman–Crippen LogP) is 9.91. The lowest BCUT2D eigenvalue weighted by molar-refractivity contribution is 0.174. The number of ether oxygens (including phenoxy) is 1. The molecular formula is C31H51FO. The van der Waals surface area contributed by atoms with Crippen LogP contribution in [0.25, 0.3) is 0 Å². The molecule has 0 N–H and O–H groups in total. The van der Waals surface area contributed by atoms with Crippen molar-refractivity contribution in [3.8, 4) is 5.75 Å². The number of aryl methyl sites for hydroxylation is 1. The molecule has 1 nitrogen and oxygen atoms in total. The van der Waals surface area contributed by atoms with Crippen LogP contribution in [0, 0.1) is 29.5 Å². The summed E-state index contributed by atoms with van der Waals surface area (Å²) in [5, 5.41) is 0. The van der Waals surface area contributed by atoms with E-state index in [9.17, 15) is 4.39 Å². The molecule has 0 atom stereocenters. The van der Waals surface area contributed by atoms with Gasteiger partial charge in [0.1, 0.15) is 0 Å². The van der Waals surface area contributed by atoms with Crippen LogP contribution in [0.15, 0.2) is 18.2 Å². The Morgan fingerprint density at radius 1 is 0.697 bits per heavy atom. The highest BCUT2D eigenvalue weighted by Crippen LogP contribution is 2.35. The number of benzene rings is 1. The van der Waals surface area contributed by atoms with E-state index in [-0.39, 0.29) is 5.82 Å². The lowest BCUT2D eigenvalue weighted by atomic mass is 9.77.